The van der Waals surface area contributed by atoms with Gasteiger partial charge in [-0.3, -0.25) is 4.79 Å². The van der Waals surface area contributed by atoms with E-state index in [4.69, 9.17) is 4.74 Å². The predicted molar refractivity (Wildman–Crippen MR) is 53.7 cm³/mol. The number of hydrogen-bond acceptors (Lipinski definition) is 4. The molecule has 4 nitrogen and oxygen atoms in total. The molecule has 0 unspecified atom stereocenters. The fourth-order valence-electron chi connectivity index (χ4n) is 1.12. The molecule has 0 radical (unpaired) electrons. The number of pyridine rings is 1. The second kappa shape index (κ2) is 5.34. The molecule has 0 saturated carbocycles. The van der Waals surface area contributed by atoms with Crippen LogP contribution in [-0.4, -0.2) is 31.5 Å². The summed E-state index contributed by atoms with van der Waals surface area (Å²) in [7, 11) is 3.34. The molecule has 0 aliphatic carbocycles. The van der Waals surface area contributed by atoms with Gasteiger partial charge >= 0.3 is 0 Å². The van der Waals surface area contributed by atoms with Gasteiger partial charge in [0.25, 0.3) is 0 Å². The highest BCUT2D eigenvalue weighted by Crippen LogP contribution is 2.15. The summed E-state index contributed by atoms with van der Waals surface area (Å²) in [6.07, 6.45) is 2.03. The zero-order valence-corrected chi connectivity index (χ0v) is 8.41. The van der Waals surface area contributed by atoms with Crippen molar-refractivity contribution in [3.8, 4) is 5.75 Å². The predicted octanol–water partition coefficient (Wildman–Crippen LogP) is 0.882. The van der Waals surface area contributed by atoms with E-state index < -0.39 is 0 Å². The van der Waals surface area contributed by atoms with Crippen LogP contribution in [0.4, 0.5) is 0 Å². The lowest BCUT2D eigenvalue weighted by molar-refractivity contribution is 0.0975. The minimum Gasteiger partial charge on any atom is -0.494 e. The van der Waals surface area contributed by atoms with Gasteiger partial charge in [-0.25, -0.2) is 4.98 Å². The zero-order chi connectivity index (χ0) is 10.4. The third-order valence-electron chi connectivity index (χ3n) is 1.86. The van der Waals surface area contributed by atoms with Gasteiger partial charge in [0.1, 0.15) is 11.4 Å². The molecule has 0 bridgehead atoms. The van der Waals surface area contributed by atoms with Crippen LogP contribution in [0, 0.1) is 0 Å². The molecule has 0 aliphatic heterocycles. The van der Waals surface area contributed by atoms with Crippen molar-refractivity contribution in [3.05, 3.63) is 24.0 Å². The lowest BCUT2D eigenvalue weighted by atomic mass is 10.2. The van der Waals surface area contributed by atoms with Crippen molar-refractivity contribution in [3.63, 3.8) is 0 Å². The van der Waals surface area contributed by atoms with Crippen LogP contribution in [0.5, 0.6) is 5.75 Å². The van der Waals surface area contributed by atoms with Crippen molar-refractivity contribution in [1.29, 1.82) is 0 Å². The van der Waals surface area contributed by atoms with Crippen LogP contribution in [0.3, 0.4) is 0 Å². The first-order chi connectivity index (χ1) is 6.79. The molecule has 14 heavy (non-hydrogen) atoms. The maximum absolute atomic E-state index is 11.6. The Balaban J connectivity index is 2.78. The Labute approximate surface area is 83.3 Å². The Hall–Kier alpha value is -1.42. The largest absolute Gasteiger partial charge is 0.494 e. The van der Waals surface area contributed by atoms with E-state index in [0.29, 0.717) is 24.4 Å². The topological polar surface area (TPSA) is 51.2 Å². The summed E-state index contributed by atoms with van der Waals surface area (Å²) < 4.78 is 5.04. The molecule has 1 heterocycles. The number of rotatable bonds is 5. The van der Waals surface area contributed by atoms with Crippen LogP contribution in [0.15, 0.2) is 18.3 Å². The van der Waals surface area contributed by atoms with E-state index in [9.17, 15) is 4.79 Å². The normalized spacial score (nSPS) is 9.86. The van der Waals surface area contributed by atoms with Crippen LogP contribution >= 0.6 is 0 Å². The van der Waals surface area contributed by atoms with E-state index in [2.05, 4.69) is 10.3 Å². The fourth-order valence-corrected chi connectivity index (χ4v) is 1.12. The van der Waals surface area contributed by atoms with Gasteiger partial charge in [0.05, 0.1) is 7.11 Å². The summed E-state index contributed by atoms with van der Waals surface area (Å²) in [6.45, 7) is 0.651. The Morgan fingerprint density at radius 2 is 2.43 bits per heavy atom. The number of hydrogen-bond donors (Lipinski definition) is 1. The molecule has 0 fully saturated rings. The van der Waals surface area contributed by atoms with Crippen LogP contribution in [0.2, 0.25) is 0 Å². The van der Waals surface area contributed by atoms with Gasteiger partial charge in [0.15, 0.2) is 5.78 Å². The van der Waals surface area contributed by atoms with E-state index in [1.807, 2.05) is 7.05 Å². The third kappa shape index (κ3) is 2.53. The average molecular weight is 194 g/mol. The fraction of sp³-hybridized carbons (Fsp3) is 0.400. The number of carbonyl (C=O) groups is 1. The van der Waals surface area contributed by atoms with Gasteiger partial charge in [0, 0.05) is 19.2 Å². The van der Waals surface area contributed by atoms with Gasteiger partial charge in [0.2, 0.25) is 0 Å². The highest BCUT2D eigenvalue weighted by Gasteiger charge is 2.11. The molecule has 0 amide bonds. The number of nitrogens with one attached hydrogen (secondary N) is 1. The molecule has 0 saturated heterocycles. The summed E-state index contributed by atoms with van der Waals surface area (Å²) in [5.41, 5.74) is 0.408. The number of nitrogens with zero attached hydrogens (tertiary/aromatic N) is 1. The Morgan fingerprint density at radius 1 is 1.64 bits per heavy atom. The zero-order valence-electron chi connectivity index (χ0n) is 8.41. The molecule has 1 aromatic heterocycles. The SMILES string of the molecule is CNCCC(=O)c1ncccc1OC. The van der Waals surface area contributed by atoms with Crippen molar-refractivity contribution in [2.45, 2.75) is 6.42 Å². The number of aromatic nitrogens is 1. The molecule has 0 aliphatic rings. The van der Waals surface area contributed by atoms with Crippen LogP contribution in [0.25, 0.3) is 0 Å². The Kier molecular flexibility index (Phi) is 4.07. The first kappa shape index (κ1) is 10.7. The van der Waals surface area contributed by atoms with Crippen molar-refractivity contribution >= 4 is 5.78 Å². The molecule has 1 N–H and O–H groups in total. The minimum absolute atomic E-state index is 0.00296. The standard InChI is InChI=1S/C10H14N2O2/c1-11-7-5-8(13)10-9(14-2)4-3-6-12-10/h3-4,6,11H,5,7H2,1-2H3. The summed E-state index contributed by atoms with van der Waals surface area (Å²) in [6, 6.07) is 3.48. The van der Waals surface area contributed by atoms with Gasteiger partial charge in [-0.1, -0.05) is 0 Å². The second-order valence-electron chi connectivity index (χ2n) is 2.83. The quantitative estimate of drug-likeness (QED) is 0.707. The second-order valence-corrected chi connectivity index (χ2v) is 2.83. The summed E-state index contributed by atoms with van der Waals surface area (Å²) in [4.78, 5) is 15.6. The van der Waals surface area contributed by atoms with Crippen molar-refractivity contribution in [1.82, 2.24) is 10.3 Å². The van der Waals surface area contributed by atoms with Crippen LogP contribution in [0.1, 0.15) is 16.9 Å². The molecule has 1 aromatic rings. The first-order valence-corrected chi connectivity index (χ1v) is 4.46. The highest BCUT2D eigenvalue weighted by molar-refractivity contribution is 5.96. The maximum Gasteiger partial charge on any atom is 0.186 e. The van der Waals surface area contributed by atoms with Crippen molar-refractivity contribution in [2.75, 3.05) is 20.7 Å². The van der Waals surface area contributed by atoms with Crippen molar-refractivity contribution < 1.29 is 9.53 Å². The lowest BCUT2D eigenvalue weighted by Gasteiger charge is -2.05. The molecule has 4 heteroatoms. The maximum atomic E-state index is 11.6. The van der Waals surface area contributed by atoms with Crippen LogP contribution < -0.4 is 10.1 Å². The average Bonchev–Trinajstić information content (AvgIpc) is 2.25. The molecule has 0 atom stereocenters. The number of ketones is 1. The molecular weight excluding hydrogens is 180 g/mol. The van der Waals surface area contributed by atoms with E-state index in [-0.39, 0.29) is 5.78 Å². The number of ether oxygens (including phenoxy) is 1. The third-order valence-corrected chi connectivity index (χ3v) is 1.86. The minimum atomic E-state index is -0.00296. The van der Waals surface area contributed by atoms with Gasteiger partial charge < -0.3 is 10.1 Å². The molecular formula is C10H14N2O2. The van der Waals surface area contributed by atoms with Gasteiger partial charge in [-0.2, -0.15) is 0 Å². The van der Waals surface area contributed by atoms with E-state index in [0.717, 1.165) is 0 Å². The van der Waals surface area contributed by atoms with E-state index >= 15 is 0 Å². The molecule has 1 rings (SSSR count). The lowest BCUT2D eigenvalue weighted by Crippen LogP contribution is -2.14. The van der Waals surface area contributed by atoms with Gasteiger partial charge in [-0.15, -0.1) is 0 Å². The van der Waals surface area contributed by atoms with E-state index in [1.165, 1.54) is 7.11 Å². The van der Waals surface area contributed by atoms with E-state index in [1.54, 1.807) is 18.3 Å². The summed E-state index contributed by atoms with van der Waals surface area (Å²) >= 11 is 0. The molecule has 76 valence electrons. The Morgan fingerprint density at radius 3 is 3.07 bits per heavy atom. The number of carbonyl (C=O) groups excluding carboxylic acids is 1. The molecule has 0 aromatic carbocycles. The highest BCUT2D eigenvalue weighted by atomic mass is 16.5. The molecule has 0 spiro atoms. The Bertz CT molecular complexity index is 313. The smallest absolute Gasteiger partial charge is 0.186 e. The first-order valence-electron chi connectivity index (χ1n) is 4.46. The van der Waals surface area contributed by atoms with Crippen LogP contribution in [-0.2, 0) is 0 Å². The summed E-state index contributed by atoms with van der Waals surface area (Å²) in [5, 5.41) is 2.92. The van der Waals surface area contributed by atoms with Crippen molar-refractivity contribution in [2.24, 2.45) is 0 Å². The van der Waals surface area contributed by atoms with Gasteiger partial charge in [-0.05, 0) is 19.2 Å². The number of methoxy groups -OCH3 is 1. The number of Topliss-reactive ketones (excluding diaryl/α,β-unsaturated/α-hetero) is 1. The monoisotopic (exact) mass is 194 g/mol. The summed E-state index contributed by atoms with van der Waals surface area (Å²) in [5.74, 6) is 0.533.